The SMILES string of the molecule is FC(F)Oc1ncc(-c2ccccc2)cn1. The van der Waals surface area contributed by atoms with Crippen molar-refractivity contribution < 1.29 is 13.5 Å². The van der Waals surface area contributed by atoms with E-state index in [-0.39, 0.29) is 6.01 Å². The summed E-state index contributed by atoms with van der Waals surface area (Å²) in [5.41, 5.74) is 1.67. The minimum absolute atomic E-state index is 0.324. The fourth-order valence-corrected chi connectivity index (χ4v) is 1.24. The van der Waals surface area contributed by atoms with E-state index >= 15 is 0 Å². The van der Waals surface area contributed by atoms with Crippen LogP contribution >= 0.6 is 0 Å². The molecule has 16 heavy (non-hydrogen) atoms. The van der Waals surface area contributed by atoms with Crippen LogP contribution in [0.2, 0.25) is 0 Å². The zero-order valence-corrected chi connectivity index (χ0v) is 8.18. The highest BCUT2D eigenvalue weighted by Crippen LogP contribution is 2.18. The van der Waals surface area contributed by atoms with Gasteiger partial charge in [-0.3, -0.25) is 0 Å². The average Bonchev–Trinajstić information content (AvgIpc) is 2.30. The zero-order chi connectivity index (χ0) is 11.4. The lowest BCUT2D eigenvalue weighted by Gasteiger charge is -2.03. The highest BCUT2D eigenvalue weighted by Gasteiger charge is 2.06. The molecule has 0 saturated heterocycles. The molecule has 1 heterocycles. The third kappa shape index (κ3) is 2.50. The average molecular weight is 222 g/mol. The molecule has 0 radical (unpaired) electrons. The molecule has 0 aliphatic rings. The van der Waals surface area contributed by atoms with Gasteiger partial charge in [-0.25, -0.2) is 9.97 Å². The van der Waals surface area contributed by atoms with Gasteiger partial charge in [0.15, 0.2) is 0 Å². The molecule has 5 heteroatoms. The third-order valence-electron chi connectivity index (χ3n) is 1.93. The Bertz CT molecular complexity index is 445. The fourth-order valence-electron chi connectivity index (χ4n) is 1.24. The summed E-state index contributed by atoms with van der Waals surface area (Å²) in [6.45, 7) is -2.90. The predicted octanol–water partition coefficient (Wildman–Crippen LogP) is 2.75. The number of halogens is 2. The minimum atomic E-state index is -2.90. The molecule has 0 aliphatic heterocycles. The third-order valence-corrected chi connectivity index (χ3v) is 1.93. The molecule has 0 unspecified atom stereocenters. The van der Waals surface area contributed by atoms with Crippen molar-refractivity contribution in [1.82, 2.24) is 9.97 Å². The molecule has 0 saturated carbocycles. The van der Waals surface area contributed by atoms with Gasteiger partial charge >= 0.3 is 12.6 Å². The molecule has 0 amide bonds. The van der Waals surface area contributed by atoms with E-state index in [9.17, 15) is 8.78 Å². The molecule has 0 bridgehead atoms. The van der Waals surface area contributed by atoms with Gasteiger partial charge in [0.2, 0.25) is 0 Å². The minimum Gasteiger partial charge on any atom is -0.401 e. The summed E-state index contributed by atoms with van der Waals surface area (Å²) in [6.07, 6.45) is 2.89. The maximum atomic E-state index is 11.8. The van der Waals surface area contributed by atoms with Gasteiger partial charge in [0.1, 0.15) is 0 Å². The molecule has 82 valence electrons. The second-order valence-electron chi connectivity index (χ2n) is 3.00. The van der Waals surface area contributed by atoms with E-state index in [1.54, 1.807) is 0 Å². The first-order valence-electron chi connectivity index (χ1n) is 4.58. The maximum absolute atomic E-state index is 11.8. The van der Waals surface area contributed by atoms with Crippen molar-refractivity contribution >= 4 is 0 Å². The zero-order valence-electron chi connectivity index (χ0n) is 8.18. The Balaban J connectivity index is 2.20. The number of ether oxygens (including phenoxy) is 1. The number of aromatic nitrogens is 2. The van der Waals surface area contributed by atoms with E-state index in [4.69, 9.17) is 0 Å². The van der Waals surface area contributed by atoms with E-state index in [0.29, 0.717) is 0 Å². The first-order chi connectivity index (χ1) is 7.75. The molecule has 1 aromatic heterocycles. The van der Waals surface area contributed by atoms with Crippen LogP contribution in [-0.4, -0.2) is 16.6 Å². The van der Waals surface area contributed by atoms with Crippen LogP contribution in [0.1, 0.15) is 0 Å². The number of nitrogens with zero attached hydrogens (tertiary/aromatic N) is 2. The highest BCUT2D eigenvalue weighted by molar-refractivity contribution is 5.61. The second kappa shape index (κ2) is 4.65. The lowest BCUT2D eigenvalue weighted by Crippen LogP contribution is -2.05. The van der Waals surface area contributed by atoms with Crippen molar-refractivity contribution in [1.29, 1.82) is 0 Å². The van der Waals surface area contributed by atoms with Crippen LogP contribution in [0, 0.1) is 0 Å². The van der Waals surface area contributed by atoms with Gasteiger partial charge in [-0.2, -0.15) is 8.78 Å². The Morgan fingerprint density at radius 1 is 0.938 bits per heavy atom. The Morgan fingerprint density at radius 3 is 2.12 bits per heavy atom. The summed E-state index contributed by atoms with van der Waals surface area (Å²) in [6, 6.07) is 9.07. The van der Waals surface area contributed by atoms with Crippen molar-refractivity contribution in [2.24, 2.45) is 0 Å². The Labute approximate surface area is 90.7 Å². The van der Waals surface area contributed by atoms with Crippen molar-refractivity contribution in [3.63, 3.8) is 0 Å². The van der Waals surface area contributed by atoms with E-state index in [2.05, 4.69) is 14.7 Å². The van der Waals surface area contributed by atoms with Crippen LogP contribution in [0.15, 0.2) is 42.7 Å². The number of rotatable bonds is 3. The van der Waals surface area contributed by atoms with Crippen molar-refractivity contribution in [2.45, 2.75) is 6.61 Å². The maximum Gasteiger partial charge on any atom is 0.389 e. The lowest BCUT2D eigenvalue weighted by molar-refractivity contribution is -0.0560. The second-order valence-corrected chi connectivity index (χ2v) is 3.00. The molecule has 1 aromatic carbocycles. The first kappa shape index (κ1) is 10.5. The summed E-state index contributed by atoms with van der Waals surface area (Å²) in [5, 5.41) is 0. The van der Waals surface area contributed by atoms with E-state index in [1.165, 1.54) is 12.4 Å². The summed E-state index contributed by atoms with van der Waals surface area (Å²) >= 11 is 0. The summed E-state index contributed by atoms with van der Waals surface area (Å²) in [5.74, 6) is 0. The highest BCUT2D eigenvalue weighted by atomic mass is 19.3. The Morgan fingerprint density at radius 2 is 1.56 bits per heavy atom. The van der Waals surface area contributed by atoms with E-state index < -0.39 is 6.61 Å². The summed E-state index contributed by atoms with van der Waals surface area (Å²) in [4.78, 5) is 7.36. The van der Waals surface area contributed by atoms with Crippen molar-refractivity contribution in [3.8, 4) is 17.1 Å². The van der Waals surface area contributed by atoms with Crippen molar-refractivity contribution in [2.75, 3.05) is 0 Å². The quantitative estimate of drug-likeness (QED) is 0.800. The molecule has 0 spiro atoms. The van der Waals surface area contributed by atoms with E-state index in [0.717, 1.165) is 11.1 Å². The summed E-state index contributed by atoms with van der Waals surface area (Å²) in [7, 11) is 0. The summed E-state index contributed by atoms with van der Waals surface area (Å²) < 4.78 is 27.7. The van der Waals surface area contributed by atoms with Gasteiger partial charge in [0, 0.05) is 18.0 Å². The van der Waals surface area contributed by atoms with Crippen molar-refractivity contribution in [3.05, 3.63) is 42.7 Å². The number of hydrogen-bond acceptors (Lipinski definition) is 3. The molecular formula is C11H8F2N2O. The van der Waals surface area contributed by atoms with Crippen LogP contribution < -0.4 is 4.74 Å². The van der Waals surface area contributed by atoms with Crippen LogP contribution in [0.25, 0.3) is 11.1 Å². The Kier molecular flexibility index (Phi) is 3.05. The molecule has 0 aliphatic carbocycles. The standard InChI is InChI=1S/C11H8F2N2O/c12-10(13)16-11-14-6-9(7-15-11)8-4-2-1-3-5-8/h1-7,10H. The lowest BCUT2D eigenvalue weighted by atomic mass is 10.1. The molecule has 2 aromatic rings. The van der Waals surface area contributed by atoms with Crippen LogP contribution in [0.5, 0.6) is 6.01 Å². The molecule has 0 atom stereocenters. The largest absolute Gasteiger partial charge is 0.401 e. The molecule has 2 rings (SSSR count). The first-order valence-corrected chi connectivity index (χ1v) is 4.58. The molecule has 3 nitrogen and oxygen atoms in total. The Hall–Kier alpha value is -2.04. The number of benzene rings is 1. The van der Waals surface area contributed by atoms with Gasteiger partial charge in [0.25, 0.3) is 0 Å². The van der Waals surface area contributed by atoms with Gasteiger partial charge in [-0.1, -0.05) is 30.3 Å². The number of hydrogen-bond donors (Lipinski definition) is 0. The van der Waals surface area contributed by atoms with Crippen LogP contribution in [0.4, 0.5) is 8.78 Å². The van der Waals surface area contributed by atoms with Gasteiger partial charge in [-0.15, -0.1) is 0 Å². The predicted molar refractivity (Wildman–Crippen MR) is 54.1 cm³/mol. The smallest absolute Gasteiger partial charge is 0.389 e. The van der Waals surface area contributed by atoms with E-state index in [1.807, 2.05) is 30.3 Å². The van der Waals surface area contributed by atoms with Gasteiger partial charge in [-0.05, 0) is 5.56 Å². The normalized spacial score (nSPS) is 10.4. The fraction of sp³-hybridized carbons (Fsp3) is 0.0909. The van der Waals surface area contributed by atoms with Gasteiger partial charge < -0.3 is 4.74 Å². The van der Waals surface area contributed by atoms with Crippen LogP contribution in [-0.2, 0) is 0 Å². The monoisotopic (exact) mass is 222 g/mol. The number of alkyl halides is 2. The molecule has 0 N–H and O–H groups in total. The molecular weight excluding hydrogens is 214 g/mol. The van der Waals surface area contributed by atoms with Crippen LogP contribution in [0.3, 0.4) is 0 Å². The molecule has 0 fully saturated rings. The van der Waals surface area contributed by atoms with Gasteiger partial charge in [0.05, 0.1) is 0 Å². The topological polar surface area (TPSA) is 35.0 Å².